The molecule has 102 valence electrons. The molecule has 1 aromatic carbocycles. The highest BCUT2D eigenvalue weighted by molar-refractivity contribution is 5.22. The number of rotatable bonds is 7. The van der Waals surface area contributed by atoms with E-state index in [0.717, 1.165) is 12.8 Å². The number of nitrogens with one attached hydrogen (secondary N) is 1. The first-order valence-electron chi connectivity index (χ1n) is 6.71. The van der Waals surface area contributed by atoms with Gasteiger partial charge in [0.05, 0.1) is 11.6 Å². The van der Waals surface area contributed by atoms with Crippen molar-refractivity contribution in [2.75, 3.05) is 6.61 Å². The van der Waals surface area contributed by atoms with E-state index in [-0.39, 0.29) is 11.6 Å². The van der Waals surface area contributed by atoms with Crippen molar-refractivity contribution in [1.29, 1.82) is 0 Å². The van der Waals surface area contributed by atoms with Crippen LogP contribution in [-0.2, 0) is 11.2 Å². The van der Waals surface area contributed by atoms with Crippen LogP contribution < -0.4 is 11.3 Å². The fourth-order valence-corrected chi connectivity index (χ4v) is 2.19. The Morgan fingerprint density at radius 2 is 1.89 bits per heavy atom. The summed E-state index contributed by atoms with van der Waals surface area (Å²) in [5.41, 5.74) is 5.25. The lowest BCUT2D eigenvalue weighted by Gasteiger charge is -2.36. The topological polar surface area (TPSA) is 47.3 Å². The molecule has 3 heteroatoms. The van der Waals surface area contributed by atoms with E-state index in [0.29, 0.717) is 6.61 Å². The second-order valence-electron chi connectivity index (χ2n) is 5.01. The maximum atomic E-state index is 5.89. The maximum Gasteiger partial charge on any atom is 0.0820 e. The minimum Gasteiger partial charge on any atom is -0.374 e. The van der Waals surface area contributed by atoms with Crippen molar-refractivity contribution in [2.45, 2.75) is 52.2 Å². The molecule has 0 aliphatic rings. The highest BCUT2D eigenvalue weighted by Crippen LogP contribution is 2.23. The van der Waals surface area contributed by atoms with Crippen molar-refractivity contribution in [2.24, 2.45) is 5.84 Å². The van der Waals surface area contributed by atoms with Gasteiger partial charge in [0.15, 0.2) is 0 Å². The fourth-order valence-electron chi connectivity index (χ4n) is 2.19. The van der Waals surface area contributed by atoms with Crippen molar-refractivity contribution < 1.29 is 4.74 Å². The highest BCUT2D eigenvalue weighted by Gasteiger charge is 2.32. The van der Waals surface area contributed by atoms with Crippen LogP contribution in [0.2, 0.25) is 0 Å². The highest BCUT2D eigenvalue weighted by atomic mass is 16.5. The van der Waals surface area contributed by atoms with Crippen molar-refractivity contribution >= 4 is 0 Å². The summed E-state index contributed by atoms with van der Waals surface area (Å²) in [6.07, 6.45) is 1.81. The number of nitrogens with two attached hydrogens (primary N) is 1. The SMILES string of the molecule is CCOC(C)(CC)C(Cc1ccc(C)cc1)NN. The number of ether oxygens (including phenoxy) is 1. The number of aryl methyl sites for hydroxylation is 1. The van der Waals surface area contributed by atoms with Gasteiger partial charge in [-0.25, -0.2) is 0 Å². The van der Waals surface area contributed by atoms with E-state index in [9.17, 15) is 0 Å². The molecule has 0 spiro atoms. The summed E-state index contributed by atoms with van der Waals surface area (Å²) in [6.45, 7) is 9.08. The normalized spacial score (nSPS) is 16.3. The zero-order chi connectivity index (χ0) is 13.6. The lowest BCUT2D eigenvalue weighted by Crippen LogP contribution is -2.54. The van der Waals surface area contributed by atoms with Gasteiger partial charge in [0.2, 0.25) is 0 Å². The van der Waals surface area contributed by atoms with Gasteiger partial charge >= 0.3 is 0 Å². The van der Waals surface area contributed by atoms with Crippen LogP contribution >= 0.6 is 0 Å². The Hall–Kier alpha value is -0.900. The van der Waals surface area contributed by atoms with Crippen LogP contribution in [0, 0.1) is 6.92 Å². The molecule has 2 unspecified atom stereocenters. The van der Waals surface area contributed by atoms with Crippen LogP contribution in [0.25, 0.3) is 0 Å². The molecule has 1 rings (SSSR count). The molecule has 0 aliphatic heterocycles. The third-order valence-electron chi connectivity index (χ3n) is 3.67. The molecule has 0 amide bonds. The molecular formula is C15H26N2O. The predicted molar refractivity (Wildman–Crippen MR) is 76.3 cm³/mol. The zero-order valence-electron chi connectivity index (χ0n) is 12.0. The van der Waals surface area contributed by atoms with E-state index < -0.39 is 0 Å². The van der Waals surface area contributed by atoms with Gasteiger partial charge in [0.1, 0.15) is 0 Å². The number of hydrazine groups is 1. The molecule has 1 aromatic rings. The lowest BCUT2D eigenvalue weighted by atomic mass is 9.88. The second kappa shape index (κ2) is 6.88. The third kappa shape index (κ3) is 3.80. The first-order valence-corrected chi connectivity index (χ1v) is 6.71. The van der Waals surface area contributed by atoms with Gasteiger partial charge in [0.25, 0.3) is 0 Å². The van der Waals surface area contributed by atoms with Crippen molar-refractivity contribution in [3.8, 4) is 0 Å². The molecular weight excluding hydrogens is 224 g/mol. The van der Waals surface area contributed by atoms with Crippen LogP contribution in [0.1, 0.15) is 38.3 Å². The molecule has 3 nitrogen and oxygen atoms in total. The fraction of sp³-hybridized carbons (Fsp3) is 0.600. The Balaban J connectivity index is 2.79. The monoisotopic (exact) mass is 250 g/mol. The van der Waals surface area contributed by atoms with Gasteiger partial charge in [-0.2, -0.15) is 0 Å². The molecule has 0 heterocycles. The van der Waals surface area contributed by atoms with Crippen LogP contribution in [-0.4, -0.2) is 18.2 Å². The number of benzene rings is 1. The van der Waals surface area contributed by atoms with Crippen molar-refractivity contribution in [3.05, 3.63) is 35.4 Å². The summed E-state index contributed by atoms with van der Waals surface area (Å²) in [7, 11) is 0. The molecule has 3 N–H and O–H groups in total. The van der Waals surface area contributed by atoms with E-state index in [1.54, 1.807) is 0 Å². The molecule has 18 heavy (non-hydrogen) atoms. The minimum atomic E-state index is -0.228. The Morgan fingerprint density at radius 3 is 2.33 bits per heavy atom. The van der Waals surface area contributed by atoms with Gasteiger partial charge in [-0.3, -0.25) is 11.3 Å². The molecule has 0 radical (unpaired) electrons. The van der Waals surface area contributed by atoms with Crippen LogP contribution in [0.3, 0.4) is 0 Å². The molecule has 0 saturated heterocycles. The standard InChI is InChI=1S/C15H26N2O/c1-5-15(4,18-6-2)14(17-16)11-13-9-7-12(3)8-10-13/h7-10,14,17H,5-6,11,16H2,1-4H3. The van der Waals surface area contributed by atoms with E-state index in [1.165, 1.54) is 11.1 Å². The summed E-state index contributed by atoms with van der Waals surface area (Å²) < 4.78 is 5.89. The smallest absolute Gasteiger partial charge is 0.0820 e. The van der Waals surface area contributed by atoms with Crippen molar-refractivity contribution in [1.82, 2.24) is 5.43 Å². The molecule has 2 atom stereocenters. The third-order valence-corrected chi connectivity index (χ3v) is 3.67. The Bertz CT molecular complexity index is 350. The average molecular weight is 250 g/mol. The Morgan fingerprint density at radius 1 is 1.28 bits per heavy atom. The van der Waals surface area contributed by atoms with Gasteiger partial charge in [-0.1, -0.05) is 36.8 Å². The Labute approximate surface area is 111 Å². The summed E-state index contributed by atoms with van der Waals surface area (Å²) >= 11 is 0. The number of hydrogen-bond acceptors (Lipinski definition) is 3. The summed E-state index contributed by atoms with van der Waals surface area (Å²) in [6, 6.07) is 8.69. The van der Waals surface area contributed by atoms with Crippen LogP contribution in [0.4, 0.5) is 0 Å². The van der Waals surface area contributed by atoms with Gasteiger partial charge in [-0.05, 0) is 39.2 Å². The van der Waals surface area contributed by atoms with Gasteiger partial charge in [-0.15, -0.1) is 0 Å². The predicted octanol–water partition coefficient (Wildman–Crippen LogP) is 2.57. The van der Waals surface area contributed by atoms with E-state index in [4.69, 9.17) is 10.6 Å². The first-order chi connectivity index (χ1) is 8.55. The van der Waals surface area contributed by atoms with E-state index in [1.807, 2.05) is 6.92 Å². The Kier molecular flexibility index (Phi) is 5.79. The second-order valence-corrected chi connectivity index (χ2v) is 5.01. The number of hydrogen-bond donors (Lipinski definition) is 2. The van der Waals surface area contributed by atoms with E-state index in [2.05, 4.69) is 50.5 Å². The summed E-state index contributed by atoms with van der Waals surface area (Å²) in [5.74, 6) is 5.71. The van der Waals surface area contributed by atoms with Gasteiger partial charge < -0.3 is 4.74 Å². The summed E-state index contributed by atoms with van der Waals surface area (Å²) in [5, 5.41) is 0. The van der Waals surface area contributed by atoms with Crippen LogP contribution in [0.5, 0.6) is 0 Å². The van der Waals surface area contributed by atoms with Gasteiger partial charge in [0, 0.05) is 6.61 Å². The molecule has 0 aliphatic carbocycles. The first kappa shape index (κ1) is 15.2. The summed E-state index contributed by atoms with van der Waals surface area (Å²) in [4.78, 5) is 0. The van der Waals surface area contributed by atoms with E-state index >= 15 is 0 Å². The molecule has 0 bridgehead atoms. The quantitative estimate of drug-likeness (QED) is 0.577. The molecule has 0 aromatic heterocycles. The largest absolute Gasteiger partial charge is 0.374 e. The minimum absolute atomic E-state index is 0.116. The maximum absolute atomic E-state index is 5.89. The molecule has 0 saturated carbocycles. The average Bonchev–Trinajstić information content (AvgIpc) is 2.38. The zero-order valence-corrected chi connectivity index (χ0v) is 12.0. The lowest BCUT2D eigenvalue weighted by molar-refractivity contribution is -0.0550. The van der Waals surface area contributed by atoms with Crippen molar-refractivity contribution in [3.63, 3.8) is 0 Å². The molecule has 0 fully saturated rings. The van der Waals surface area contributed by atoms with Crippen LogP contribution in [0.15, 0.2) is 24.3 Å².